The van der Waals surface area contributed by atoms with Gasteiger partial charge in [0.05, 0.1) is 11.6 Å². The highest BCUT2D eigenvalue weighted by atomic mass is 19.1. The number of nitrogens with two attached hydrogens (primary N) is 1. The molecule has 0 aliphatic heterocycles. The Morgan fingerprint density at radius 2 is 1.70 bits per heavy atom. The number of benzene rings is 2. The van der Waals surface area contributed by atoms with E-state index in [9.17, 15) is 13.6 Å². The van der Waals surface area contributed by atoms with Crippen molar-refractivity contribution in [3.05, 3.63) is 114 Å². The molecular formula is C26H22F2N4O. The fourth-order valence-corrected chi connectivity index (χ4v) is 3.74. The number of pyridine rings is 2. The van der Waals surface area contributed by atoms with Gasteiger partial charge in [-0.1, -0.05) is 48.5 Å². The van der Waals surface area contributed by atoms with Crippen LogP contribution in [0.3, 0.4) is 0 Å². The Morgan fingerprint density at radius 1 is 0.939 bits per heavy atom. The van der Waals surface area contributed by atoms with Gasteiger partial charge < -0.3 is 11.1 Å². The van der Waals surface area contributed by atoms with Crippen molar-refractivity contribution in [2.45, 2.75) is 12.3 Å². The van der Waals surface area contributed by atoms with E-state index in [0.29, 0.717) is 22.6 Å². The number of rotatable bonds is 8. The van der Waals surface area contributed by atoms with E-state index < -0.39 is 23.5 Å². The molecule has 7 heteroatoms. The molecule has 1 atom stereocenters. The standard InChI is InChI=1S/C26H22F2N4O/c27-21-9-4-10-22(28)19(21)13-15-31-26-20(24(25(29)33)18-8-5-14-30-16-18)11-12-23(32-26)17-6-2-1-3-7-17/h1-12,14,16,24H,13,15H2,(H2,29,33)(H,31,32). The maximum atomic E-state index is 14.0. The predicted octanol–water partition coefficient (Wildman–Crippen LogP) is 4.69. The SMILES string of the molecule is NC(=O)C(c1cccnc1)c1ccc(-c2ccccc2)nc1NCCc1c(F)cccc1F. The Morgan fingerprint density at radius 3 is 2.36 bits per heavy atom. The number of nitrogens with zero attached hydrogens (tertiary/aromatic N) is 2. The molecule has 2 heterocycles. The van der Waals surface area contributed by atoms with Crippen molar-refractivity contribution >= 4 is 11.7 Å². The van der Waals surface area contributed by atoms with Gasteiger partial charge in [0, 0.05) is 35.6 Å². The molecule has 0 aliphatic carbocycles. The van der Waals surface area contributed by atoms with Crippen molar-refractivity contribution in [2.24, 2.45) is 5.73 Å². The van der Waals surface area contributed by atoms with Crippen LogP contribution in [0.5, 0.6) is 0 Å². The summed E-state index contributed by atoms with van der Waals surface area (Å²) in [7, 11) is 0. The second-order valence-electron chi connectivity index (χ2n) is 7.50. The Hall–Kier alpha value is -4.13. The molecule has 1 amide bonds. The van der Waals surface area contributed by atoms with Gasteiger partial charge in [0.15, 0.2) is 0 Å². The first-order valence-corrected chi connectivity index (χ1v) is 10.5. The molecule has 4 aromatic rings. The van der Waals surface area contributed by atoms with Crippen LogP contribution in [0.1, 0.15) is 22.6 Å². The van der Waals surface area contributed by atoms with E-state index in [-0.39, 0.29) is 18.5 Å². The zero-order chi connectivity index (χ0) is 23.2. The van der Waals surface area contributed by atoms with Gasteiger partial charge in [-0.15, -0.1) is 0 Å². The Labute approximate surface area is 190 Å². The van der Waals surface area contributed by atoms with Crippen molar-refractivity contribution in [1.29, 1.82) is 0 Å². The highest BCUT2D eigenvalue weighted by Gasteiger charge is 2.25. The van der Waals surface area contributed by atoms with Crippen LogP contribution in [0.25, 0.3) is 11.3 Å². The monoisotopic (exact) mass is 444 g/mol. The lowest BCUT2D eigenvalue weighted by atomic mass is 9.91. The maximum absolute atomic E-state index is 14.0. The lowest BCUT2D eigenvalue weighted by molar-refractivity contribution is -0.118. The van der Waals surface area contributed by atoms with Crippen molar-refractivity contribution < 1.29 is 13.6 Å². The van der Waals surface area contributed by atoms with Gasteiger partial charge in [0.1, 0.15) is 17.5 Å². The maximum Gasteiger partial charge on any atom is 0.229 e. The van der Waals surface area contributed by atoms with Crippen LogP contribution >= 0.6 is 0 Å². The molecule has 2 aromatic heterocycles. The number of nitrogens with one attached hydrogen (secondary N) is 1. The van der Waals surface area contributed by atoms with Gasteiger partial charge in [-0.25, -0.2) is 13.8 Å². The molecule has 3 N–H and O–H groups in total. The summed E-state index contributed by atoms with van der Waals surface area (Å²) < 4.78 is 28.1. The number of carbonyl (C=O) groups excluding carboxylic acids is 1. The largest absolute Gasteiger partial charge is 0.369 e. The predicted molar refractivity (Wildman–Crippen MR) is 123 cm³/mol. The first-order chi connectivity index (χ1) is 16.0. The van der Waals surface area contributed by atoms with Gasteiger partial charge in [-0.2, -0.15) is 0 Å². The minimum absolute atomic E-state index is 0.00975. The average molecular weight is 444 g/mol. The molecule has 4 rings (SSSR count). The van der Waals surface area contributed by atoms with E-state index in [4.69, 9.17) is 10.7 Å². The average Bonchev–Trinajstić information content (AvgIpc) is 2.83. The third-order valence-electron chi connectivity index (χ3n) is 5.34. The Bertz CT molecular complexity index is 1230. The van der Waals surface area contributed by atoms with E-state index in [1.165, 1.54) is 18.2 Å². The number of halogens is 2. The summed E-state index contributed by atoms with van der Waals surface area (Å²) in [4.78, 5) is 21.3. The quantitative estimate of drug-likeness (QED) is 0.413. The normalized spacial score (nSPS) is 11.7. The molecule has 0 spiro atoms. The number of hydrogen-bond acceptors (Lipinski definition) is 4. The van der Waals surface area contributed by atoms with Gasteiger partial charge >= 0.3 is 0 Å². The summed E-state index contributed by atoms with van der Waals surface area (Å²) in [5.74, 6) is -2.13. The first kappa shape index (κ1) is 22.1. The minimum Gasteiger partial charge on any atom is -0.369 e. The second-order valence-corrected chi connectivity index (χ2v) is 7.50. The number of aromatic nitrogens is 2. The molecule has 0 aliphatic rings. The Kier molecular flexibility index (Phi) is 6.69. The number of carbonyl (C=O) groups is 1. The summed E-state index contributed by atoms with van der Waals surface area (Å²) in [6.07, 6.45) is 3.29. The fraction of sp³-hybridized carbons (Fsp3) is 0.115. The molecule has 0 bridgehead atoms. The first-order valence-electron chi connectivity index (χ1n) is 10.5. The van der Waals surface area contributed by atoms with E-state index in [2.05, 4.69) is 10.3 Å². The smallest absolute Gasteiger partial charge is 0.229 e. The van der Waals surface area contributed by atoms with E-state index >= 15 is 0 Å². The highest BCUT2D eigenvalue weighted by molar-refractivity contribution is 5.87. The van der Waals surface area contributed by atoms with Gasteiger partial charge in [0.25, 0.3) is 0 Å². The molecule has 0 fully saturated rings. The summed E-state index contributed by atoms with van der Waals surface area (Å²) in [5.41, 5.74) is 8.51. The van der Waals surface area contributed by atoms with E-state index in [1.807, 2.05) is 36.4 Å². The van der Waals surface area contributed by atoms with Crippen LogP contribution in [0.4, 0.5) is 14.6 Å². The molecule has 0 saturated heterocycles. The minimum atomic E-state index is -0.788. The third-order valence-corrected chi connectivity index (χ3v) is 5.34. The van der Waals surface area contributed by atoms with Crippen LogP contribution < -0.4 is 11.1 Å². The summed E-state index contributed by atoms with van der Waals surface area (Å²) in [6.45, 7) is 0.203. The van der Waals surface area contributed by atoms with Crippen molar-refractivity contribution in [1.82, 2.24) is 9.97 Å². The van der Waals surface area contributed by atoms with Crippen molar-refractivity contribution in [2.75, 3.05) is 11.9 Å². The molecule has 5 nitrogen and oxygen atoms in total. The summed E-state index contributed by atoms with van der Waals surface area (Å²) in [5, 5.41) is 3.16. The zero-order valence-electron chi connectivity index (χ0n) is 17.7. The van der Waals surface area contributed by atoms with Crippen LogP contribution in [-0.2, 0) is 11.2 Å². The summed E-state index contributed by atoms with van der Waals surface area (Å²) in [6, 6.07) is 20.5. The topological polar surface area (TPSA) is 80.9 Å². The summed E-state index contributed by atoms with van der Waals surface area (Å²) >= 11 is 0. The Balaban J connectivity index is 1.70. The zero-order valence-corrected chi connectivity index (χ0v) is 17.7. The molecule has 0 saturated carbocycles. The van der Waals surface area contributed by atoms with Crippen LogP contribution in [-0.4, -0.2) is 22.4 Å². The lowest BCUT2D eigenvalue weighted by Gasteiger charge is -2.19. The van der Waals surface area contributed by atoms with Gasteiger partial charge in [-0.3, -0.25) is 9.78 Å². The van der Waals surface area contributed by atoms with Crippen LogP contribution in [0, 0.1) is 11.6 Å². The van der Waals surface area contributed by atoms with Crippen LogP contribution in [0.15, 0.2) is 85.2 Å². The third kappa shape index (κ3) is 5.03. The number of primary amides is 1. The van der Waals surface area contributed by atoms with E-state index in [0.717, 1.165) is 5.56 Å². The van der Waals surface area contributed by atoms with Crippen LogP contribution in [0.2, 0.25) is 0 Å². The fourth-order valence-electron chi connectivity index (χ4n) is 3.74. The van der Waals surface area contributed by atoms with E-state index in [1.54, 1.807) is 30.6 Å². The number of anilines is 1. The second kappa shape index (κ2) is 9.99. The molecular weight excluding hydrogens is 422 g/mol. The highest BCUT2D eigenvalue weighted by Crippen LogP contribution is 2.31. The lowest BCUT2D eigenvalue weighted by Crippen LogP contribution is -2.24. The molecule has 1 unspecified atom stereocenters. The van der Waals surface area contributed by atoms with Crippen molar-refractivity contribution in [3.63, 3.8) is 0 Å². The molecule has 166 valence electrons. The van der Waals surface area contributed by atoms with Crippen molar-refractivity contribution in [3.8, 4) is 11.3 Å². The number of amides is 1. The molecule has 2 aromatic carbocycles. The van der Waals surface area contributed by atoms with Gasteiger partial charge in [-0.05, 0) is 36.2 Å². The molecule has 0 radical (unpaired) electrons. The number of hydrogen-bond donors (Lipinski definition) is 2. The molecule has 33 heavy (non-hydrogen) atoms. The van der Waals surface area contributed by atoms with Gasteiger partial charge in [0.2, 0.25) is 5.91 Å².